The minimum atomic E-state index is -3.46. The Bertz CT molecular complexity index is 394. The van der Waals surface area contributed by atoms with Crippen LogP contribution in [0.4, 0.5) is 0 Å². The lowest BCUT2D eigenvalue weighted by molar-refractivity contribution is 0.162. The summed E-state index contributed by atoms with van der Waals surface area (Å²) < 4.78 is 31.3. The second-order valence-electron chi connectivity index (χ2n) is 4.62. The molecule has 1 heterocycles. The average molecular weight is 275 g/mol. The zero-order valence-electron chi connectivity index (χ0n) is 11.0. The number of hydrogen-bond acceptors (Lipinski definition) is 5. The van der Waals surface area contributed by atoms with E-state index < -0.39 is 15.6 Å². The van der Waals surface area contributed by atoms with Crippen molar-refractivity contribution in [2.24, 2.45) is 0 Å². The Labute approximate surface area is 109 Å². The second kappa shape index (κ2) is 6.48. The van der Waals surface area contributed by atoms with Crippen LogP contribution in [0.3, 0.4) is 0 Å². The van der Waals surface area contributed by atoms with E-state index in [1.165, 1.54) is 0 Å². The molecule has 6 nitrogen and oxygen atoms in total. The van der Waals surface area contributed by atoms with Crippen LogP contribution < -0.4 is 4.72 Å². The molecule has 0 unspecified atom stereocenters. The van der Waals surface area contributed by atoms with Crippen molar-refractivity contribution in [3.8, 4) is 6.07 Å². The third kappa shape index (κ3) is 4.53. The van der Waals surface area contributed by atoms with E-state index in [-0.39, 0.29) is 12.4 Å². The lowest BCUT2D eigenvalue weighted by atomic mass is 9.91. The summed E-state index contributed by atoms with van der Waals surface area (Å²) in [4.78, 5) is 2.09. The highest BCUT2D eigenvalue weighted by Gasteiger charge is 2.37. The summed E-state index contributed by atoms with van der Waals surface area (Å²) in [6.07, 6.45) is 1.04. The van der Waals surface area contributed by atoms with Crippen LogP contribution in [-0.2, 0) is 14.8 Å². The molecular weight excluding hydrogens is 254 g/mol. The van der Waals surface area contributed by atoms with Crippen LogP contribution in [-0.4, -0.2) is 58.0 Å². The predicted octanol–water partition coefficient (Wildman–Crippen LogP) is -0.0697. The molecule has 0 saturated carbocycles. The zero-order valence-corrected chi connectivity index (χ0v) is 11.8. The van der Waals surface area contributed by atoms with Gasteiger partial charge in [-0.2, -0.15) is 9.98 Å². The molecule has 0 aromatic heterocycles. The quantitative estimate of drug-likeness (QED) is 0.686. The largest absolute Gasteiger partial charge is 0.381 e. The zero-order chi connectivity index (χ0) is 13.6. The third-order valence-electron chi connectivity index (χ3n) is 3.11. The van der Waals surface area contributed by atoms with E-state index in [1.807, 2.05) is 14.0 Å². The van der Waals surface area contributed by atoms with Crippen molar-refractivity contribution in [3.63, 3.8) is 0 Å². The molecule has 0 atom stereocenters. The molecule has 7 heteroatoms. The van der Waals surface area contributed by atoms with Crippen LogP contribution in [0.5, 0.6) is 0 Å². The van der Waals surface area contributed by atoms with Crippen LogP contribution in [0.1, 0.15) is 19.8 Å². The van der Waals surface area contributed by atoms with Crippen LogP contribution in [0, 0.1) is 11.3 Å². The van der Waals surface area contributed by atoms with Crippen molar-refractivity contribution in [1.82, 2.24) is 9.62 Å². The van der Waals surface area contributed by atoms with Crippen LogP contribution in [0.2, 0.25) is 0 Å². The number of nitriles is 1. The van der Waals surface area contributed by atoms with Crippen molar-refractivity contribution in [1.29, 1.82) is 5.26 Å². The number of nitrogens with one attached hydrogen (secondary N) is 1. The van der Waals surface area contributed by atoms with E-state index in [0.717, 1.165) is 13.1 Å². The van der Waals surface area contributed by atoms with E-state index in [4.69, 9.17) is 4.74 Å². The molecule has 1 saturated heterocycles. The Morgan fingerprint density at radius 2 is 2.06 bits per heavy atom. The first-order chi connectivity index (χ1) is 8.43. The van der Waals surface area contributed by atoms with Crippen LogP contribution >= 0.6 is 0 Å². The molecule has 0 radical (unpaired) electrons. The lowest BCUT2D eigenvalue weighted by Gasteiger charge is -2.35. The van der Waals surface area contributed by atoms with Gasteiger partial charge >= 0.3 is 0 Å². The van der Waals surface area contributed by atoms with E-state index in [0.29, 0.717) is 19.4 Å². The molecule has 0 bridgehead atoms. The Kier molecular flexibility index (Phi) is 5.53. The highest BCUT2D eigenvalue weighted by Crippen LogP contribution is 2.21. The molecule has 1 aliphatic heterocycles. The number of piperidine rings is 1. The van der Waals surface area contributed by atoms with Crippen molar-refractivity contribution >= 4 is 10.0 Å². The van der Waals surface area contributed by atoms with Gasteiger partial charge in [0.2, 0.25) is 10.0 Å². The van der Waals surface area contributed by atoms with Gasteiger partial charge in [-0.15, -0.1) is 0 Å². The normalized spacial score (nSPS) is 20.5. The molecule has 18 heavy (non-hydrogen) atoms. The van der Waals surface area contributed by atoms with Gasteiger partial charge in [-0.3, -0.25) is 0 Å². The molecule has 1 aliphatic rings. The highest BCUT2D eigenvalue weighted by atomic mass is 32.2. The first kappa shape index (κ1) is 15.4. The monoisotopic (exact) mass is 275 g/mol. The molecule has 0 amide bonds. The van der Waals surface area contributed by atoms with Gasteiger partial charge in [0, 0.05) is 19.7 Å². The summed E-state index contributed by atoms with van der Waals surface area (Å²) in [6.45, 7) is 3.91. The van der Waals surface area contributed by atoms with E-state index in [2.05, 4.69) is 15.7 Å². The smallest absolute Gasteiger partial charge is 0.215 e. The van der Waals surface area contributed by atoms with Gasteiger partial charge in [0.05, 0.1) is 18.4 Å². The first-order valence-electron chi connectivity index (χ1n) is 6.12. The van der Waals surface area contributed by atoms with Gasteiger partial charge < -0.3 is 9.64 Å². The minimum Gasteiger partial charge on any atom is -0.381 e. The van der Waals surface area contributed by atoms with Gasteiger partial charge in [-0.1, -0.05) is 0 Å². The summed E-state index contributed by atoms with van der Waals surface area (Å²) in [6, 6.07) is 2.13. The first-order valence-corrected chi connectivity index (χ1v) is 7.77. The van der Waals surface area contributed by atoms with Crippen molar-refractivity contribution in [2.45, 2.75) is 25.3 Å². The Hall–Kier alpha value is -0.680. The highest BCUT2D eigenvalue weighted by molar-refractivity contribution is 7.89. The topological polar surface area (TPSA) is 82.4 Å². The molecule has 0 aliphatic carbocycles. The van der Waals surface area contributed by atoms with E-state index >= 15 is 0 Å². The molecule has 1 fully saturated rings. The van der Waals surface area contributed by atoms with Gasteiger partial charge in [0.1, 0.15) is 5.54 Å². The summed E-state index contributed by atoms with van der Waals surface area (Å²) in [5.41, 5.74) is -0.947. The molecule has 1 rings (SSSR count). The second-order valence-corrected chi connectivity index (χ2v) is 6.46. The maximum atomic E-state index is 11.9. The summed E-state index contributed by atoms with van der Waals surface area (Å²) in [5.74, 6) is -0.0971. The molecule has 104 valence electrons. The lowest BCUT2D eigenvalue weighted by Crippen LogP contribution is -2.54. The molecular formula is C11H21N3O3S. The fourth-order valence-electron chi connectivity index (χ4n) is 1.90. The van der Waals surface area contributed by atoms with Crippen molar-refractivity contribution in [2.75, 3.05) is 39.1 Å². The van der Waals surface area contributed by atoms with E-state index in [9.17, 15) is 13.7 Å². The van der Waals surface area contributed by atoms with Crippen LogP contribution in [0.15, 0.2) is 0 Å². The molecule has 0 spiro atoms. The number of rotatable bonds is 6. The standard InChI is InChI=1S/C11H21N3O3S/c1-3-17-8-9-18(15,16)13-11(10-12)4-6-14(2)7-5-11/h13H,3-9H2,1-2H3. The third-order valence-corrected chi connectivity index (χ3v) is 4.51. The summed E-state index contributed by atoms with van der Waals surface area (Å²) in [5, 5.41) is 9.24. The Balaban J connectivity index is 2.60. The maximum absolute atomic E-state index is 11.9. The number of ether oxygens (including phenoxy) is 1. The van der Waals surface area contributed by atoms with Crippen LogP contribution in [0.25, 0.3) is 0 Å². The van der Waals surface area contributed by atoms with Crippen molar-refractivity contribution in [3.05, 3.63) is 0 Å². The van der Waals surface area contributed by atoms with Gasteiger partial charge in [-0.25, -0.2) is 8.42 Å². The van der Waals surface area contributed by atoms with Gasteiger partial charge in [0.25, 0.3) is 0 Å². The predicted molar refractivity (Wildman–Crippen MR) is 68.5 cm³/mol. The number of nitrogens with zero attached hydrogens (tertiary/aromatic N) is 2. The fraction of sp³-hybridized carbons (Fsp3) is 0.909. The van der Waals surface area contributed by atoms with Gasteiger partial charge in [0.15, 0.2) is 0 Å². The Morgan fingerprint density at radius 3 is 2.56 bits per heavy atom. The van der Waals surface area contributed by atoms with E-state index in [1.54, 1.807) is 0 Å². The van der Waals surface area contributed by atoms with Gasteiger partial charge in [-0.05, 0) is 26.8 Å². The Morgan fingerprint density at radius 1 is 1.44 bits per heavy atom. The molecule has 0 aromatic carbocycles. The van der Waals surface area contributed by atoms with Crippen molar-refractivity contribution < 1.29 is 13.2 Å². The summed E-state index contributed by atoms with van der Waals surface area (Å²) in [7, 11) is -1.49. The maximum Gasteiger partial charge on any atom is 0.215 e. The fourth-order valence-corrected chi connectivity index (χ4v) is 3.18. The average Bonchev–Trinajstić information content (AvgIpc) is 2.32. The molecule has 0 aromatic rings. The number of sulfonamides is 1. The SMILES string of the molecule is CCOCCS(=O)(=O)NC1(C#N)CCN(C)CC1. The molecule has 1 N–H and O–H groups in total. The minimum absolute atomic E-state index is 0.0971. The number of likely N-dealkylation sites (tertiary alicyclic amines) is 1. The summed E-state index contributed by atoms with van der Waals surface area (Å²) >= 11 is 0. The number of hydrogen-bond donors (Lipinski definition) is 1.